The van der Waals surface area contributed by atoms with Gasteiger partial charge in [-0.25, -0.2) is 9.59 Å². The average molecular weight is 441 g/mol. The normalized spacial score (nSPS) is 10.2. The van der Waals surface area contributed by atoms with Gasteiger partial charge in [0.25, 0.3) is 0 Å². The lowest BCUT2D eigenvalue weighted by Crippen LogP contribution is -2.16. The second-order valence-corrected chi connectivity index (χ2v) is 6.84. The minimum atomic E-state index is -0.708. The Balaban J connectivity index is 1.39. The summed E-state index contributed by atoms with van der Waals surface area (Å²) in [6.45, 7) is 0. The van der Waals surface area contributed by atoms with E-state index in [0.29, 0.717) is 28.7 Å². The second kappa shape index (κ2) is 10.0. The van der Waals surface area contributed by atoms with Crippen molar-refractivity contribution in [3.63, 3.8) is 0 Å². The molecule has 7 heteroatoms. The standard InChI is InChI=1S/C26H19NO6/c28-24-16-15-22(17-23(24)25(29)32-19-7-3-1-4-8-19)31-21-13-11-18(12-14-21)27-26(30)33-20-9-5-2-6-10-20/h1-17,28H,(H,27,30). The van der Waals surface area contributed by atoms with Crippen molar-refractivity contribution in [1.82, 2.24) is 0 Å². The van der Waals surface area contributed by atoms with E-state index in [9.17, 15) is 14.7 Å². The molecule has 2 N–H and O–H groups in total. The second-order valence-electron chi connectivity index (χ2n) is 6.84. The molecular formula is C26H19NO6. The van der Waals surface area contributed by atoms with Gasteiger partial charge in [0.15, 0.2) is 0 Å². The summed E-state index contributed by atoms with van der Waals surface area (Å²) >= 11 is 0. The predicted molar refractivity (Wildman–Crippen MR) is 122 cm³/mol. The quantitative estimate of drug-likeness (QED) is 0.281. The largest absolute Gasteiger partial charge is 0.507 e. The number of carbonyl (C=O) groups is 2. The zero-order chi connectivity index (χ0) is 23.0. The summed E-state index contributed by atoms with van der Waals surface area (Å²) in [5, 5.41) is 12.7. The molecule has 164 valence electrons. The Kier molecular flexibility index (Phi) is 6.51. The van der Waals surface area contributed by atoms with E-state index in [1.165, 1.54) is 18.2 Å². The number of esters is 1. The monoisotopic (exact) mass is 441 g/mol. The summed E-state index contributed by atoms with van der Waals surface area (Å²) in [6, 6.07) is 28.1. The molecule has 4 aromatic rings. The molecule has 7 nitrogen and oxygen atoms in total. The smallest absolute Gasteiger partial charge is 0.417 e. The first-order valence-electron chi connectivity index (χ1n) is 9.99. The number of hydrogen-bond donors (Lipinski definition) is 2. The van der Waals surface area contributed by atoms with Gasteiger partial charge in [-0.05, 0) is 66.7 Å². The Labute approximate surface area is 189 Å². The highest BCUT2D eigenvalue weighted by atomic mass is 16.6. The van der Waals surface area contributed by atoms with Crippen molar-refractivity contribution in [1.29, 1.82) is 0 Å². The van der Waals surface area contributed by atoms with Crippen molar-refractivity contribution in [3.05, 3.63) is 109 Å². The van der Waals surface area contributed by atoms with Gasteiger partial charge >= 0.3 is 12.1 Å². The van der Waals surface area contributed by atoms with Gasteiger partial charge in [-0.2, -0.15) is 0 Å². The zero-order valence-electron chi connectivity index (χ0n) is 17.3. The highest BCUT2D eigenvalue weighted by Crippen LogP contribution is 2.29. The van der Waals surface area contributed by atoms with Crippen molar-refractivity contribution in [2.24, 2.45) is 0 Å². The maximum atomic E-state index is 12.4. The lowest BCUT2D eigenvalue weighted by atomic mass is 10.2. The first-order valence-corrected chi connectivity index (χ1v) is 9.99. The van der Waals surface area contributed by atoms with Crippen LogP contribution in [0.2, 0.25) is 0 Å². The fourth-order valence-electron chi connectivity index (χ4n) is 2.87. The van der Waals surface area contributed by atoms with E-state index in [0.717, 1.165) is 0 Å². The maximum absolute atomic E-state index is 12.4. The van der Waals surface area contributed by atoms with Gasteiger partial charge in [0.2, 0.25) is 0 Å². The molecule has 33 heavy (non-hydrogen) atoms. The third-order valence-electron chi connectivity index (χ3n) is 4.43. The molecule has 0 atom stereocenters. The lowest BCUT2D eigenvalue weighted by molar-refractivity contribution is 0.0731. The third kappa shape index (κ3) is 5.89. The molecular weight excluding hydrogens is 422 g/mol. The van der Waals surface area contributed by atoms with Crippen LogP contribution in [0.4, 0.5) is 10.5 Å². The van der Waals surface area contributed by atoms with Gasteiger partial charge in [-0.1, -0.05) is 36.4 Å². The molecule has 1 amide bonds. The number of carbonyl (C=O) groups excluding carboxylic acids is 2. The van der Waals surface area contributed by atoms with E-state index >= 15 is 0 Å². The van der Waals surface area contributed by atoms with E-state index in [1.54, 1.807) is 78.9 Å². The van der Waals surface area contributed by atoms with Crippen molar-refractivity contribution in [3.8, 4) is 28.7 Å². The minimum absolute atomic E-state index is 0.0294. The van der Waals surface area contributed by atoms with Gasteiger partial charge < -0.3 is 19.3 Å². The van der Waals surface area contributed by atoms with E-state index in [1.807, 2.05) is 6.07 Å². The number of hydrogen-bond acceptors (Lipinski definition) is 6. The van der Waals surface area contributed by atoms with Crippen molar-refractivity contribution in [2.45, 2.75) is 0 Å². The number of benzene rings is 4. The Hall–Kier alpha value is -4.78. The number of phenolic OH excluding ortho intramolecular Hbond substituents is 1. The highest BCUT2D eigenvalue weighted by Gasteiger charge is 2.15. The first kappa shape index (κ1) is 21.5. The number of phenols is 1. The van der Waals surface area contributed by atoms with Crippen LogP contribution in [0, 0.1) is 0 Å². The molecule has 0 aliphatic rings. The number of para-hydroxylation sites is 2. The minimum Gasteiger partial charge on any atom is -0.507 e. The van der Waals surface area contributed by atoms with Crippen molar-refractivity contribution >= 4 is 17.7 Å². The van der Waals surface area contributed by atoms with E-state index in [-0.39, 0.29) is 11.3 Å². The van der Waals surface area contributed by atoms with Crippen LogP contribution in [0.5, 0.6) is 28.7 Å². The van der Waals surface area contributed by atoms with Crippen LogP contribution in [-0.4, -0.2) is 17.2 Å². The maximum Gasteiger partial charge on any atom is 0.417 e. The van der Waals surface area contributed by atoms with Crippen LogP contribution in [0.1, 0.15) is 10.4 Å². The Morgan fingerprint density at radius 3 is 1.85 bits per heavy atom. The van der Waals surface area contributed by atoms with Gasteiger partial charge in [-0.3, -0.25) is 5.32 Å². The molecule has 0 heterocycles. The summed E-state index contributed by atoms with van der Waals surface area (Å²) in [7, 11) is 0. The van der Waals surface area contributed by atoms with Crippen LogP contribution < -0.4 is 19.5 Å². The fourth-order valence-corrected chi connectivity index (χ4v) is 2.87. The summed E-state index contributed by atoms with van der Waals surface area (Å²) < 4.78 is 16.2. The van der Waals surface area contributed by atoms with Gasteiger partial charge in [-0.15, -0.1) is 0 Å². The lowest BCUT2D eigenvalue weighted by Gasteiger charge is -2.10. The van der Waals surface area contributed by atoms with Crippen molar-refractivity contribution in [2.75, 3.05) is 5.32 Å². The molecule has 0 aromatic heterocycles. The van der Waals surface area contributed by atoms with Gasteiger partial charge in [0, 0.05) is 5.69 Å². The molecule has 0 bridgehead atoms. The summed E-state index contributed by atoms with van der Waals surface area (Å²) in [5.74, 6) is 0.661. The third-order valence-corrected chi connectivity index (χ3v) is 4.43. The zero-order valence-corrected chi connectivity index (χ0v) is 17.3. The number of aromatic hydroxyl groups is 1. The highest BCUT2D eigenvalue weighted by molar-refractivity contribution is 5.94. The Morgan fingerprint density at radius 1 is 0.636 bits per heavy atom. The SMILES string of the molecule is O=C(Nc1ccc(Oc2ccc(O)c(C(=O)Oc3ccccc3)c2)cc1)Oc1ccccc1. The van der Waals surface area contributed by atoms with Crippen molar-refractivity contribution < 1.29 is 28.9 Å². The van der Waals surface area contributed by atoms with Crippen LogP contribution in [0.25, 0.3) is 0 Å². The number of nitrogens with one attached hydrogen (secondary N) is 1. The average Bonchev–Trinajstić information content (AvgIpc) is 2.83. The van der Waals surface area contributed by atoms with Crippen LogP contribution >= 0.6 is 0 Å². The van der Waals surface area contributed by atoms with E-state index in [2.05, 4.69) is 5.32 Å². The molecule has 0 aliphatic heterocycles. The molecule has 0 radical (unpaired) electrons. The number of ether oxygens (including phenoxy) is 3. The molecule has 0 aliphatic carbocycles. The molecule has 0 unspecified atom stereocenters. The Bertz CT molecular complexity index is 1240. The molecule has 4 rings (SSSR count). The van der Waals surface area contributed by atoms with Crippen LogP contribution in [-0.2, 0) is 0 Å². The first-order chi connectivity index (χ1) is 16.1. The predicted octanol–water partition coefficient (Wildman–Crippen LogP) is 6.01. The molecule has 0 saturated heterocycles. The number of amides is 1. The van der Waals surface area contributed by atoms with Gasteiger partial charge in [0.1, 0.15) is 34.3 Å². The summed E-state index contributed by atoms with van der Waals surface area (Å²) in [4.78, 5) is 24.4. The van der Waals surface area contributed by atoms with E-state index < -0.39 is 12.1 Å². The molecule has 0 spiro atoms. The Morgan fingerprint density at radius 2 is 1.21 bits per heavy atom. The molecule has 0 fully saturated rings. The number of anilines is 1. The molecule has 0 saturated carbocycles. The van der Waals surface area contributed by atoms with Gasteiger partial charge in [0.05, 0.1) is 0 Å². The van der Waals surface area contributed by atoms with Crippen LogP contribution in [0.15, 0.2) is 103 Å². The summed E-state index contributed by atoms with van der Waals surface area (Å²) in [6.07, 6.45) is -0.616. The van der Waals surface area contributed by atoms with Crippen LogP contribution in [0.3, 0.4) is 0 Å². The molecule has 4 aromatic carbocycles. The number of rotatable bonds is 6. The van der Waals surface area contributed by atoms with E-state index in [4.69, 9.17) is 14.2 Å². The fraction of sp³-hybridized carbons (Fsp3) is 0. The topological polar surface area (TPSA) is 94.1 Å². The summed E-state index contributed by atoms with van der Waals surface area (Å²) in [5.41, 5.74) is 0.486.